The Kier molecular flexibility index (Phi) is 4.43. The molecule has 94 valence electrons. The molecule has 0 bridgehead atoms. The highest BCUT2D eigenvalue weighted by Crippen LogP contribution is 2.21. The third-order valence-corrected chi connectivity index (χ3v) is 3.89. The molecule has 0 aliphatic carbocycles. The Morgan fingerprint density at radius 3 is 2.83 bits per heavy atom. The highest BCUT2D eigenvalue weighted by Gasteiger charge is 2.12. The summed E-state index contributed by atoms with van der Waals surface area (Å²) in [5, 5.41) is 7.50. The van der Waals surface area contributed by atoms with E-state index in [1.807, 2.05) is 23.8 Å². The lowest BCUT2D eigenvalue weighted by Gasteiger charge is -2.13. The van der Waals surface area contributed by atoms with E-state index in [-0.39, 0.29) is 11.9 Å². The molecule has 1 amide bonds. The lowest BCUT2D eigenvalue weighted by Crippen LogP contribution is -2.26. The largest absolute Gasteiger partial charge is 0.345 e. The van der Waals surface area contributed by atoms with Crippen molar-refractivity contribution in [3.05, 3.63) is 55.6 Å². The quantitative estimate of drug-likeness (QED) is 0.862. The summed E-state index contributed by atoms with van der Waals surface area (Å²) in [6.45, 7) is 1.96. The molecular weight excluding hydrogens is 334 g/mol. The molecule has 2 aromatic rings. The van der Waals surface area contributed by atoms with E-state index in [9.17, 15) is 4.79 Å². The van der Waals surface area contributed by atoms with Crippen molar-refractivity contribution in [2.75, 3.05) is 0 Å². The van der Waals surface area contributed by atoms with Gasteiger partial charge in [-0.15, -0.1) is 0 Å². The fraction of sp³-hybridized carbons (Fsp3) is 0.154. The van der Waals surface area contributed by atoms with Crippen molar-refractivity contribution in [2.24, 2.45) is 0 Å². The molecule has 1 unspecified atom stereocenters. The van der Waals surface area contributed by atoms with Crippen molar-refractivity contribution in [2.45, 2.75) is 13.0 Å². The zero-order chi connectivity index (χ0) is 13.1. The normalized spacial score (nSPS) is 12.2. The number of carbonyl (C=O) groups excluding carboxylic acids is 1. The molecule has 2 nitrogen and oxygen atoms in total. The Morgan fingerprint density at radius 1 is 1.44 bits per heavy atom. The first kappa shape index (κ1) is 13.6. The molecule has 0 radical (unpaired) electrons. The van der Waals surface area contributed by atoms with Gasteiger partial charge in [-0.05, 0) is 47.5 Å². The van der Waals surface area contributed by atoms with Gasteiger partial charge in [0.2, 0.25) is 0 Å². The number of hydrogen-bond acceptors (Lipinski definition) is 2. The molecule has 0 saturated carbocycles. The maximum absolute atomic E-state index is 12.1. The topological polar surface area (TPSA) is 29.1 Å². The zero-order valence-electron chi connectivity index (χ0n) is 9.61. The number of hydrogen-bond donors (Lipinski definition) is 1. The van der Waals surface area contributed by atoms with Crippen LogP contribution in [0.2, 0.25) is 5.02 Å². The van der Waals surface area contributed by atoms with Crippen LogP contribution in [0.4, 0.5) is 0 Å². The standard InChI is InChI=1S/C13H11BrClNOS/c1-8(9-2-3-18-7-9)16-13(17)10-4-11(14)6-12(15)5-10/h2-8H,1H3,(H,16,17). The average molecular weight is 345 g/mol. The van der Waals surface area contributed by atoms with E-state index in [1.165, 1.54) is 0 Å². The Balaban J connectivity index is 2.12. The zero-order valence-corrected chi connectivity index (χ0v) is 12.8. The molecule has 0 saturated heterocycles. The first-order valence-electron chi connectivity index (χ1n) is 5.35. The van der Waals surface area contributed by atoms with Gasteiger partial charge >= 0.3 is 0 Å². The van der Waals surface area contributed by atoms with Crippen LogP contribution < -0.4 is 5.32 Å². The Morgan fingerprint density at radius 2 is 2.22 bits per heavy atom. The summed E-state index contributed by atoms with van der Waals surface area (Å²) in [4.78, 5) is 12.1. The molecule has 5 heteroatoms. The van der Waals surface area contributed by atoms with Gasteiger partial charge in [0.05, 0.1) is 6.04 Å². The van der Waals surface area contributed by atoms with Crippen molar-refractivity contribution in [3.8, 4) is 0 Å². The van der Waals surface area contributed by atoms with Crippen LogP contribution in [-0.2, 0) is 0 Å². The molecule has 18 heavy (non-hydrogen) atoms. The minimum absolute atomic E-state index is 0.0125. The predicted molar refractivity (Wildman–Crippen MR) is 79.4 cm³/mol. The summed E-state index contributed by atoms with van der Waals surface area (Å²) in [5.74, 6) is -0.128. The lowest BCUT2D eigenvalue weighted by atomic mass is 10.1. The third kappa shape index (κ3) is 3.34. The van der Waals surface area contributed by atoms with Crippen molar-refractivity contribution in [3.63, 3.8) is 0 Å². The van der Waals surface area contributed by atoms with Crippen LogP contribution in [0.1, 0.15) is 28.9 Å². The second-order valence-corrected chi connectivity index (χ2v) is 6.04. The number of benzene rings is 1. The number of rotatable bonds is 3. The Hall–Kier alpha value is -0.840. The molecule has 0 fully saturated rings. The maximum Gasteiger partial charge on any atom is 0.251 e. The summed E-state index contributed by atoms with van der Waals surface area (Å²) < 4.78 is 0.795. The van der Waals surface area contributed by atoms with Crippen LogP contribution in [0, 0.1) is 0 Å². The number of halogens is 2. The minimum atomic E-state index is -0.128. The van der Waals surface area contributed by atoms with Crippen LogP contribution in [-0.4, -0.2) is 5.91 Å². The molecule has 2 rings (SSSR count). The van der Waals surface area contributed by atoms with E-state index in [0.29, 0.717) is 10.6 Å². The van der Waals surface area contributed by atoms with E-state index in [1.54, 1.807) is 29.5 Å². The van der Waals surface area contributed by atoms with Crippen LogP contribution in [0.15, 0.2) is 39.5 Å². The summed E-state index contributed by atoms with van der Waals surface area (Å²) in [6.07, 6.45) is 0. The predicted octanol–water partition coefficient (Wildman–Crippen LogP) is 4.66. The fourth-order valence-electron chi connectivity index (χ4n) is 1.57. The van der Waals surface area contributed by atoms with E-state index >= 15 is 0 Å². The maximum atomic E-state index is 12.1. The lowest BCUT2D eigenvalue weighted by molar-refractivity contribution is 0.0940. The number of nitrogens with one attached hydrogen (secondary N) is 1. The van der Waals surface area contributed by atoms with Crippen LogP contribution >= 0.6 is 38.9 Å². The number of carbonyl (C=O) groups is 1. The van der Waals surface area contributed by atoms with Gasteiger partial charge in [0.1, 0.15) is 0 Å². The summed E-state index contributed by atoms with van der Waals surface area (Å²) in [6, 6.07) is 7.15. The second kappa shape index (κ2) is 5.87. The molecule has 1 aromatic carbocycles. The molecule has 1 aromatic heterocycles. The van der Waals surface area contributed by atoms with Gasteiger partial charge in [0.25, 0.3) is 5.91 Å². The monoisotopic (exact) mass is 343 g/mol. The third-order valence-electron chi connectivity index (χ3n) is 2.52. The SMILES string of the molecule is CC(NC(=O)c1cc(Cl)cc(Br)c1)c1ccsc1. The van der Waals surface area contributed by atoms with Gasteiger partial charge in [-0.2, -0.15) is 11.3 Å². The molecule has 1 N–H and O–H groups in total. The van der Waals surface area contributed by atoms with Crippen LogP contribution in [0.25, 0.3) is 0 Å². The Bertz CT molecular complexity index is 536. The highest BCUT2D eigenvalue weighted by atomic mass is 79.9. The summed E-state index contributed by atoms with van der Waals surface area (Å²) in [5.41, 5.74) is 1.66. The van der Waals surface area contributed by atoms with Crippen LogP contribution in [0.5, 0.6) is 0 Å². The van der Waals surface area contributed by atoms with E-state index < -0.39 is 0 Å². The molecular formula is C13H11BrClNOS. The van der Waals surface area contributed by atoms with Crippen molar-refractivity contribution >= 4 is 44.8 Å². The molecule has 1 heterocycles. The van der Waals surface area contributed by atoms with E-state index in [2.05, 4.69) is 21.2 Å². The summed E-state index contributed by atoms with van der Waals surface area (Å²) in [7, 11) is 0. The van der Waals surface area contributed by atoms with E-state index in [0.717, 1.165) is 10.0 Å². The first-order chi connectivity index (χ1) is 8.56. The van der Waals surface area contributed by atoms with Gasteiger partial charge in [-0.25, -0.2) is 0 Å². The van der Waals surface area contributed by atoms with Crippen molar-refractivity contribution in [1.29, 1.82) is 0 Å². The Labute approximate surface area is 123 Å². The minimum Gasteiger partial charge on any atom is -0.345 e. The molecule has 1 atom stereocenters. The van der Waals surface area contributed by atoms with Crippen molar-refractivity contribution in [1.82, 2.24) is 5.32 Å². The first-order valence-corrected chi connectivity index (χ1v) is 7.46. The molecule has 0 aliphatic rings. The fourth-order valence-corrected chi connectivity index (χ4v) is 3.18. The number of thiophene rings is 1. The highest BCUT2D eigenvalue weighted by molar-refractivity contribution is 9.10. The van der Waals surface area contributed by atoms with Gasteiger partial charge in [-0.3, -0.25) is 4.79 Å². The van der Waals surface area contributed by atoms with Crippen molar-refractivity contribution < 1.29 is 4.79 Å². The smallest absolute Gasteiger partial charge is 0.251 e. The van der Waals surface area contributed by atoms with Gasteiger partial charge in [0.15, 0.2) is 0 Å². The second-order valence-electron chi connectivity index (χ2n) is 3.91. The van der Waals surface area contributed by atoms with Crippen LogP contribution in [0.3, 0.4) is 0 Å². The molecule has 0 spiro atoms. The number of amides is 1. The molecule has 0 aliphatic heterocycles. The van der Waals surface area contributed by atoms with Gasteiger partial charge in [0, 0.05) is 15.1 Å². The summed E-state index contributed by atoms with van der Waals surface area (Å²) >= 11 is 10.9. The van der Waals surface area contributed by atoms with E-state index in [4.69, 9.17) is 11.6 Å². The van der Waals surface area contributed by atoms with Gasteiger partial charge in [-0.1, -0.05) is 27.5 Å². The van der Waals surface area contributed by atoms with Gasteiger partial charge < -0.3 is 5.32 Å². The average Bonchev–Trinajstić information content (AvgIpc) is 2.80.